The summed E-state index contributed by atoms with van der Waals surface area (Å²) in [6.07, 6.45) is 7.03. The molecule has 0 radical (unpaired) electrons. The third kappa shape index (κ3) is 6.25. The van der Waals surface area contributed by atoms with E-state index in [0.29, 0.717) is 0 Å². The highest BCUT2D eigenvalue weighted by molar-refractivity contribution is 5.90. The zero-order chi connectivity index (χ0) is 15.5. The van der Waals surface area contributed by atoms with Crippen molar-refractivity contribution in [2.75, 3.05) is 0 Å². The van der Waals surface area contributed by atoms with Gasteiger partial charge in [0.05, 0.1) is 0 Å². The van der Waals surface area contributed by atoms with E-state index in [4.69, 9.17) is 10.2 Å². The number of aromatic hydroxyl groups is 1. The number of carbonyl (C=O) groups is 1. The Balaban J connectivity index is 0.000000211. The Bertz CT molecular complexity index is 601. The fraction of sp³-hybridized carbons (Fsp3) is 0.0556. The molecule has 0 aliphatic carbocycles. The smallest absolute Gasteiger partial charge is 0.339 e. The lowest BCUT2D eigenvalue weighted by Crippen LogP contribution is -1.95. The predicted octanol–water partition coefficient (Wildman–Crippen LogP) is 4.37. The number of benzene rings is 2. The maximum atomic E-state index is 10.3. The molecule has 2 aromatic carbocycles. The molecular formula is C18H18O3. The molecule has 0 spiro atoms. The molecule has 0 fully saturated rings. The van der Waals surface area contributed by atoms with Gasteiger partial charge in [0.15, 0.2) is 0 Å². The van der Waals surface area contributed by atoms with Crippen molar-refractivity contribution in [3.8, 4) is 5.75 Å². The summed E-state index contributed by atoms with van der Waals surface area (Å²) in [5.41, 5.74) is 1.18. The van der Waals surface area contributed by atoms with Crippen LogP contribution in [0.15, 0.2) is 73.3 Å². The number of rotatable bonds is 4. The number of hydrogen-bond donors (Lipinski definition) is 2. The lowest BCUT2D eigenvalue weighted by Gasteiger charge is -1.95. The number of phenols is 1. The van der Waals surface area contributed by atoms with Crippen LogP contribution in [0.5, 0.6) is 5.75 Å². The fourth-order valence-electron chi connectivity index (χ4n) is 1.52. The minimum absolute atomic E-state index is 0.0671. The molecule has 0 unspecified atom stereocenters. The number of carboxylic acids is 1. The van der Waals surface area contributed by atoms with E-state index in [1.54, 1.807) is 12.1 Å². The van der Waals surface area contributed by atoms with Gasteiger partial charge in [-0.1, -0.05) is 60.7 Å². The molecule has 2 N–H and O–H groups in total. The van der Waals surface area contributed by atoms with E-state index in [9.17, 15) is 4.79 Å². The minimum atomic E-state index is -1.11. The van der Waals surface area contributed by atoms with Crippen LogP contribution in [0.2, 0.25) is 0 Å². The highest BCUT2D eigenvalue weighted by Crippen LogP contribution is 2.14. The quantitative estimate of drug-likeness (QED) is 0.819. The lowest BCUT2D eigenvalue weighted by molar-refractivity contribution is 0.0693. The second-order valence-corrected chi connectivity index (χ2v) is 4.16. The van der Waals surface area contributed by atoms with E-state index in [0.717, 1.165) is 6.42 Å². The van der Waals surface area contributed by atoms with E-state index >= 15 is 0 Å². The molecule has 0 aliphatic rings. The molecule has 2 rings (SSSR count). The van der Waals surface area contributed by atoms with Crippen LogP contribution in [0, 0.1) is 0 Å². The van der Waals surface area contributed by atoms with Crippen LogP contribution in [-0.2, 0) is 0 Å². The molecule has 0 atom stereocenters. The van der Waals surface area contributed by atoms with Crippen LogP contribution >= 0.6 is 0 Å². The van der Waals surface area contributed by atoms with Crippen molar-refractivity contribution in [1.29, 1.82) is 0 Å². The van der Waals surface area contributed by atoms with Crippen molar-refractivity contribution in [3.63, 3.8) is 0 Å². The van der Waals surface area contributed by atoms with Crippen molar-refractivity contribution >= 4 is 12.0 Å². The van der Waals surface area contributed by atoms with Crippen molar-refractivity contribution < 1.29 is 15.0 Å². The van der Waals surface area contributed by atoms with Gasteiger partial charge >= 0.3 is 5.97 Å². The molecule has 3 nitrogen and oxygen atoms in total. The van der Waals surface area contributed by atoms with E-state index in [1.807, 2.05) is 24.3 Å². The summed E-state index contributed by atoms with van der Waals surface area (Å²) in [5, 5.41) is 17.3. The Labute approximate surface area is 124 Å². The lowest BCUT2D eigenvalue weighted by atomic mass is 10.2. The van der Waals surface area contributed by atoms with Crippen LogP contribution in [0.3, 0.4) is 0 Å². The van der Waals surface area contributed by atoms with Crippen molar-refractivity contribution in [1.82, 2.24) is 0 Å². The van der Waals surface area contributed by atoms with Crippen LogP contribution < -0.4 is 0 Å². The molecule has 2 aromatic rings. The van der Waals surface area contributed by atoms with Crippen LogP contribution in [0.1, 0.15) is 22.3 Å². The van der Waals surface area contributed by atoms with Crippen molar-refractivity contribution in [3.05, 3.63) is 84.5 Å². The molecular weight excluding hydrogens is 264 g/mol. The third-order valence-corrected chi connectivity index (χ3v) is 2.55. The van der Waals surface area contributed by atoms with E-state index in [-0.39, 0.29) is 11.3 Å². The van der Waals surface area contributed by atoms with Gasteiger partial charge in [-0.25, -0.2) is 4.79 Å². The standard InChI is InChI=1S/C11H12.C7H6O3/c1-2-3-5-8-11-9-6-4-7-10-11;8-6-4-2-1-3-5(6)7(9)10/h2,4-10H,1,3H2;1-4,8H,(H,9,10). The largest absolute Gasteiger partial charge is 0.507 e. The van der Waals surface area contributed by atoms with Crippen LogP contribution in [0.25, 0.3) is 6.08 Å². The van der Waals surface area contributed by atoms with E-state index in [1.165, 1.54) is 17.7 Å². The summed E-state index contributed by atoms with van der Waals surface area (Å²) < 4.78 is 0. The summed E-state index contributed by atoms with van der Waals surface area (Å²) in [7, 11) is 0. The first kappa shape index (κ1) is 16.2. The van der Waals surface area contributed by atoms with Crippen LogP contribution in [-0.4, -0.2) is 16.2 Å². The monoisotopic (exact) mass is 282 g/mol. The molecule has 21 heavy (non-hydrogen) atoms. The minimum Gasteiger partial charge on any atom is -0.507 e. The summed E-state index contributed by atoms with van der Waals surface area (Å²) in [4.78, 5) is 10.3. The highest BCUT2D eigenvalue weighted by Gasteiger charge is 2.05. The summed E-state index contributed by atoms with van der Waals surface area (Å²) in [6.45, 7) is 3.64. The summed E-state index contributed by atoms with van der Waals surface area (Å²) in [6, 6.07) is 16.1. The number of carboxylic acid groups (broad SMARTS) is 1. The molecule has 3 heteroatoms. The first-order chi connectivity index (χ1) is 10.1. The zero-order valence-corrected chi connectivity index (χ0v) is 11.6. The molecule has 0 aliphatic heterocycles. The normalized spacial score (nSPS) is 9.71. The van der Waals surface area contributed by atoms with E-state index < -0.39 is 5.97 Å². The molecule has 0 heterocycles. The maximum Gasteiger partial charge on any atom is 0.339 e. The van der Waals surface area contributed by atoms with Crippen molar-refractivity contribution in [2.45, 2.75) is 6.42 Å². The van der Waals surface area contributed by atoms with Crippen LogP contribution in [0.4, 0.5) is 0 Å². The molecule has 0 saturated carbocycles. The van der Waals surface area contributed by atoms with Gasteiger partial charge in [0.25, 0.3) is 0 Å². The van der Waals surface area contributed by atoms with Gasteiger partial charge in [-0.2, -0.15) is 0 Å². The van der Waals surface area contributed by atoms with Gasteiger partial charge < -0.3 is 10.2 Å². The average Bonchev–Trinajstić information content (AvgIpc) is 2.49. The van der Waals surface area contributed by atoms with E-state index in [2.05, 4.69) is 30.9 Å². The van der Waals surface area contributed by atoms with Gasteiger partial charge in [-0.05, 0) is 24.1 Å². The van der Waals surface area contributed by atoms with Gasteiger partial charge in [-0.3, -0.25) is 0 Å². The third-order valence-electron chi connectivity index (χ3n) is 2.55. The first-order valence-corrected chi connectivity index (χ1v) is 6.49. The van der Waals surface area contributed by atoms with Crippen molar-refractivity contribution in [2.24, 2.45) is 0 Å². The molecule has 0 saturated heterocycles. The summed E-state index contributed by atoms with van der Waals surface area (Å²) >= 11 is 0. The first-order valence-electron chi connectivity index (χ1n) is 6.49. The number of para-hydroxylation sites is 1. The second-order valence-electron chi connectivity index (χ2n) is 4.16. The number of allylic oxidation sites excluding steroid dienone is 2. The highest BCUT2D eigenvalue weighted by atomic mass is 16.4. The zero-order valence-electron chi connectivity index (χ0n) is 11.6. The summed E-state index contributed by atoms with van der Waals surface area (Å²) in [5.74, 6) is -1.31. The number of aromatic carboxylic acids is 1. The molecule has 0 bridgehead atoms. The second kappa shape index (κ2) is 9.15. The Kier molecular flexibility index (Phi) is 7.08. The molecule has 0 amide bonds. The Hall–Kier alpha value is -2.81. The topological polar surface area (TPSA) is 57.5 Å². The predicted molar refractivity (Wildman–Crippen MR) is 85.4 cm³/mol. The Morgan fingerprint density at radius 3 is 2.19 bits per heavy atom. The Morgan fingerprint density at radius 1 is 1.05 bits per heavy atom. The van der Waals surface area contributed by atoms with Gasteiger partial charge in [0.2, 0.25) is 0 Å². The maximum absolute atomic E-state index is 10.3. The van der Waals surface area contributed by atoms with Gasteiger partial charge in [0.1, 0.15) is 11.3 Å². The average molecular weight is 282 g/mol. The SMILES string of the molecule is C=CCC=Cc1ccccc1.O=C(O)c1ccccc1O. The fourth-order valence-corrected chi connectivity index (χ4v) is 1.52. The molecule has 108 valence electrons. The van der Waals surface area contributed by atoms with Gasteiger partial charge in [-0.15, -0.1) is 6.58 Å². The molecule has 0 aromatic heterocycles. The van der Waals surface area contributed by atoms with Gasteiger partial charge in [0, 0.05) is 0 Å². The Morgan fingerprint density at radius 2 is 1.67 bits per heavy atom. The number of hydrogen-bond acceptors (Lipinski definition) is 2.